The van der Waals surface area contributed by atoms with E-state index in [4.69, 9.17) is 12.2 Å². The number of hydrogen-bond acceptors (Lipinski definition) is 3. The number of ketones is 1. The Morgan fingerprint density at radius 3 is 2.21 bits per heavy atom. The van der Waals surface area contributed by atoms with Crippen LogP contribution in [0.15, 0.2) is 54.6 Å². The molecule has 1 aliphatic heterocycles. The molecule has 0 radical (unpaired) electrons. The first-order chi connectivity index (χ1) is 11.7. The lowest BCUT2D eigenvalue weighted by atomic mass is 10.0. The normalized spacial score (nSPS) is 14.4. The molecule has 4 heteroatoms. The highest BCUT2D eigenvalue weighted by Gasteiger charge is 2.15. The Morgan fingerprint density at radius 2 is 1.54 bits per heavy atom. The molecule has 2 nitrogen and oxygen atoms in total. The fraction of sp³-hybridized carbons (Fsp3) is 0.300. The highest BCUT2D eigenvalue weighted by molar-refractivity contribution is 8.23. The predicted octanol–water partition coefficient (Wildman–Crippen LogP) is 5.04. The summed E-state index contributed by atoms with van der Waals surface area (Å²) in [6.45, 7) is 2.07. The zero-order chi connectivity index (χ0) is 16.8. The van der Waals surface area contributed by atoms with Crippen molar-refractivity contribution in [2.45, 2.75) is 19.3 Å². The van der Waals surface area contributed by atoms with Gasteiger partial charge in [-0.2, -0.15) is 0 Å². The summed E-state index contributed by atoms with van der Waals surface area (Å²) in [6.07, 6.45) is 3.70. The predicted molar refractivity (Wildman–Crippen MR) is 107 cm³/mol. The van der Waals surface area contributed by atoms with Crippen LogP contribution in [0.1, 0.15) is 29.6 Å². The average molecular weight is 356 g/mol. The van der Waals surface area contributed by atoms with Gasteiger partial charge in [0.1, 0.15) is 4.32 Å². The molecule has 3 rings (SSSR count). The molecule has 0 bridgehead atoms. The lowest BCUT2D eigenvalue weighted by molar-refractivity contribution is 0.102. The molecule has 0 aromatic heterocycles. The fourth-order valence-corrected chi connectivity index (χ4v) is 4.00. The van der Waals surface area contributed by atoms with Crippen molar-refractivity contribution in [3.05, 3.63) is 60.2 Å². The first-order valence-electron chi connectivity index (χ1n) is 8.34. The summed E-state index contributed by atoms with van der Waals surface area (Å²) in [4.78, 5) is 14.6. The quantitative estimate of drug-likeness (QED) is 0.565. The zero-order valence-corrected chi connectivity index (χ0v) is 15.2. The van der Waals surface area contributed by atoms with Crippen molar-refractivity contribution in [2.24, 2.45) is 0 Å². The van der Waals surface area contributed by atoms with Gasteiger partial charge in [-0.3, -0.25) is 4.79 Å². The smallest absolute Gasteiger partial charge is 0.173 e. The van der Waals surface area contributed by atoms with Crippen LogP contribution in [0.5, 0.6) is 0 Å². The van der Waals surface area contributed by atoms with Gasteiger partial charge in [-0.15, -0.1) is 0 Å². The third kappa shape index (κ3) is 4.46. The lowest BCUT2D eigenvalue weighted by Gasteiger charge is -2.28. The monoisotopic (exact) mass is 355 g/mol. The number of hydrogen-bond donors (Lipinski definition) is 0. The maximum atomic E-state index is 12.4. The molecular formula is C20H21NOS2. The molecule has 1 fully saturated rings. The van der Waals surface area contributed by atoms with Crippen molar-refractivity contribution in [3.63, 3.8) is 0 Å². The number of carbonyl (C=O) groups excluding carboxylic acids is 1. The van der Waals surface area contributed by atoms with E-state index in [1.165, 1.54) is 31.0 Å². The van der Waals surface area contributed by atoms with E-state index in [0.717, 1.165) is 34.1 Å². The first kappa shape index (κ1) is 17.2. The first-order valence-corrected chi connectivity index (χ1v) is 9.74. The van der Waals surface area contributed by atoms with Gasteiger partial charge < -0.3 is 4.90 Å². The highest BCUT2D eigenvalue weighted by Crippen LogP contribution is 2.21. The topological polar surface area (TPSA) is 20.3 Å². The second-order valence-corrected chi connectivity index (χ2v) is 7.58. The molecule has 24 heavy (non-hydrogen) atoms. The number of Topliss-reactive ketones (excluding diaryl/α,β-unsaturated/α-hetero) is 1. The Hall–Kier alpha value is -1.65. The van der Waals surface area contributed by atoms with Crippen LogP contribution >= 0.6 is 24.0 Å². The van der Waals surface area contributed by atoms with Gasteiger partial charge in [-0.05, 0) is 30.4 Å². The van der Waals surface area contributed by atoms with Crippen molar-refractivity contribution in [2.75, 3.05) is 18.8 Å². The number of rotatable bonds is 4. The van der Waals surface area contributed by atoms with Crippen molar-refractivity contribution < 1.29 is 4.79 Å². The minimum atomic E-state index is 0.138. The van der Waals surface area contributed by atoms with E-state index in [0.29, 0.717) is 5.75 Å². The van der Waals surface area contributed by atoms with Crippen molar-refractivity contribution >= 4 is 34.1 Å². The Bertz CT molecular complexity index is 691. The van der Waals surface area contributed by atoms with E-state index in [9.17, 15) is 4.79 Å². The molecule has 1 saturated heterocycles. The number of thioether (sulfide) groups is 1. The summed E-state index contributed by atoms with van der Waals surface area (Å²) in [7, 11) is 0. The van der Waals surface area contributed by atoms with Gasteiger partial charge in [0.2, 0.25) is 0 Å². The van der Waals surface area contributed by atoms with Crippen LogP contribution in [-0.4, -0.2) is 33.8 Å². The zero-order valence-electron chi connectivity index (χ0n) is 13.6. The largest absolute Gasteiger partial charge is 0.358 e. The van der Waals surface area contributed by atoms with E-state index in [1.54, 1.807) is 0 Å². The number of carbonyl (C=O) groups is 1. The SMILES string of the molecule is O=C(CSC(=S)N1CCCCC1)c1ccc(-c2ccccc2)cc1. The summed E-state index contributed by atoms with van der Waals surface area (Å²) in [5, 5.41) is 0. The van der Waals surface area contributed by atoms with Gasteiger partial charge in [-0.25, -0.2) is 0 Å². The van der Waals surface area contributed by atoms with Crippen LogP contribution in [0.25, 0.3) is 11.1 Å². The lowest BCUT2D eigenvalue weighted by Crippen LogP contribution is -2.33. The number of piperidine rings is 1. The van der Waals surface area contributed by atoms with Crippen LogP contribution in [0.4, 0.5) is 0 Å². The molecule has 1 aliphatic rings. The number of thiocarbonyl (C=S) groups is 1. The van der Waals surface area contributed by atoms with Crippen LogP contribution in [-0.2, 0) is 0 Å². The molecule has 0 spiro atoms. The van der Waals surface area contributed by atoms with E-state index in [-0.39, 0.29) is 5.78 Å². The maximum absolute atomic E-state index is 12.4. The third-order valence-electron chi connectivity index (χ3n) is 4.25. The van der Waals surface area contributed by atoms with E-state index < -0.39 is 0 Å². The Balaban J connectivity index is 1.56. The van der Waals surface area contributed by atoms with Gasteiger partial charge in [0.15, 0.2) is 5.78 Å². The second kappa shape index (κ2) is 8.45. The average Bonchev–Trinajstić information content (AvgIpc) is 2.67. The summed E-state index contributed by atoms with van der Waals surface area (Å²) >= 11 is 6.96. The molecule has 0 aliphatic carbocycles. The molecule has 0 saturated carbocycles. The molecule has 0 unspecified atom stereocenters. The van der Waals surface area contributed by atoms with Crippen LogP contribution in [0.3, 0.4) is 0 Å². The standard InChI is InChI=1S/C20H21NOS2/c22-19(15-24-20(23)21-13-5-2-6-14-21)18-11-9-17(10-12-18)16-7-3-1-4-8-16/h1,3-4,7-12H,2,5-6,13-15H2. The van der Waals surface area contributed by atoms with Crippen molar-refractivity contribution in [1.29, 1.82) is 0 Å². The molecule has 0 N–H and O–H groups in total. The van der Waals surface area contributed by atoms with Gasteiger partial charge in [0.25, 0.3) is 0 Å². The van der Waals surface area contributed by atoms with Crippen LogP contribution in [0.2, 0.25) is 0 Å². The Kier molecular flexibility index (Phi) is 6.05. The molecule has 1 heterocycles. The van der Waals surface area contributed by atoms with Crippen LogP contribution < -0.4 is 0 Å². The fourth-order valence-electron chi connectivity index (χ4n) is 2.86. The van der Waals surface area contributed by atoms with E-state index >= 15 is 0 Å². The molecule has 2 aromatic carbocycles. The summed E-state index contributed by atoms with van der Waals surface area (Å²) in [6, 6.07) is 18.0. The maximum Gasteiger partial charge on any atom is 0.173 e. The highest BCUT2D eigenvalue weighted by atomic mass is 32.2. The molecule has 124 valence electrons. The van der Waals surface area contributed by atoms with E-state index in [2.05, 4.69) is 17.0 Å². The van der Waals surface area contributed by atoms with Gasteiger partial charge in [0, 0.05) is 18.7 Å². The Labute approximate surface area is 153 Å². The molecule has 2 aromatic rings. The summed E-state index contributed by atoms with van der Waals surface area (Å²) < 4.78 is 0.865. The summed E-state index contributed by atoms with van der Waals surface area (Å²) in [5.41, 5.74) is 3.05. The van der Waals surface area contributed by atoms with Gasteiger partial charge in [0.05, 0.1) is 5.75 Å². The third-order valence-corrected chi connectivity index (χ3v) is 5.78. The molecule has 0 atom stereocenters. The second-order valence-electron chi connectivity index (χ2n) is 5.97. The van der Waals surface area contributed by atoms with Gasteiger partial charge in [-0.1, -0.05) is 78.6 Å². The van der Waals surface area contributed by atoms with Crippen molar-refractivity contribution in [3.8, 4) is 11.1 Å². The summed E-state index contributed by atoms with van der Waals surface area (Å²) in [5.74, 6) is 0.555. The Morgan fingerprint density at radius 1 is 0.917 bits per heavy atom. The number of nitrogens with zero attached hydrogens (tertiary/aromatic N) is 1. The molecule has 0 amide bonds. The minimum Gasteiger partial charge on any atom is -0.358 e. The number of benzene rings is 2. The van der Waals surface area contributed by atoms with Crippen LogP contribution in [0, 0.1) is 0 Å². The molecular weight excluding hydrogens is 334 g/mol. The van der Waals surface area contributed by atoms with Crippen molar-refractivity contribution in [1.82, 2.24) is 4.90 Å². The van der Waals surface area contributed by atoms with Gasteiger partial charge >= 0.3 is 0 Å². The minimum absolute atomic E-state index is 0.138. The van der Waals surface area contributed by atoms with E-state index in [1.807, 2.05) is 42.5 Å². The number of likely N-dealkylation sites (tertiary alicyclic amines) is 1.